The van der Waals surface area contributed by atoms with Crippen molar-refractivity contribution < 1.29 is 32.2 Å². The lowest BCUT2D eigenvalue weighted by Crippen LogP contribution is -2.32. The van der Waals surface area contributed by atoms with E-state index in [9.17, 15) is 13.2 Å². The lowest BCUT2D eigenvalue weighted by Gasteiger charge is -2.20. The molecule has 8 nitrogen and oxygen atoms in total. The second kappa shape index (κ2) is 15.1. The minimum atomic E-state index is -4.66. The van der Waals surface area contributed by atoms with E-state index in [1.54, 1.807) is 32.1 Å². The maximum atomic E-state index is 14.2. The molecule has 2 aromatic heterocycles. The molecule has 2 atom stereocenters. The van der Waals surface area contributed by atoms with Gasteiger partial charge in [-0.05, 0) is 89.7 Å². The number of aliphatic hydroxyl groups is 1. The molecule has 0 bridgehead atoms. The predicted molar refractivity (Wildman–Crippen MR) is 177 cm³/mol. The fraction of sp³-hybridized carbons (Fsp3) is 0.417. The van der Waals surface area contributed by atoms with Crippen molar-refractivity contribution in [2.75, 3.05) is 6.61 Å². The Morgan fingerprint density at radius 3 is 2.47 bits per heavy atom. The van der Waals surface area contributed by atoms with Gasteiger partial charge in [-0.15, -0.1) is 6.58 Å². The Morgan fingerprint density at radius 1 is 1.17 bits per heavy atom. The molecule has 1 fully saturated rings. The maximum Gasteiger partial charge on any atom is 0.422 e. The molecule has 1 unspecified atom stereocenters. The van der Waals surface area contributed by atoms with Gasteiger partial charge in [-0.1, -0.05) is 64.6 Å². The van der Waals surface area contributed by atoms with Crippen LogP contribution in [0.2, 0.25) is 0 Å². The third-order valence-electron chi connectivity index (χ3n) is 8.10. The van der Waals surface area contributed by atoms with Crippen LogP contribution in [0.15, 0.2) is 75.6 Å². The van der Waals surface area contributed by atoms with Gasteiger partial charge in [0.15, 0.2) is 17.2 Å². The van der Waals surface area contributed by atoms with E-state index in [0.29, 0.717) is 53.5 Å². The van der Waals surface area contributed by atoms with Crippen LogP contribution < -0.4 is 5.73 Å². The average molecular weight is 653 g/mol. The van der Waals surface area contributed by atoms with E-state index in [1.165, 1.54) is 5.56 Å². The van der Waals surface area contributed by atoms with Crippen molar-refractivity contribution in [1.29, 1.82) is 0 Å². The monoisotopic (exact) mass is 652 g/mol. The van der Waals surface area contributed by atoms with Crippen LogP contribution >= 0.6 is 0 Å². The number of fused-ring (bicyclic) bond motifs is 3. The van der Waals surface area contributed by atoms with E-state index in [0.717, 1.165) is 36.8 Å². The molecule has 0 radical (unpaired) electrons. The Labute approximate surface area is 273 Å². The summed E-state index contributed by atoms with van der Waals surface area (Å²) in [5.74, 6) is 0.698. The number of alkyl halides is 3. The Kier molecular flexibility index (Phi) is 11.5. The SMILES string of the molecule is C=C(C)O/N=C(\C)CO.C=CC.CC1(N)CC[C@@H](c2ccc3c(c2)CCc2c-3noc2-c2noc(C3=CCCC=C3)c2C(F)(F)F)C1. The van der Waals surface area contributed by atoms with E-state index in [4.69, 9.17) is 19.9 Å². The number of aromatic nitrogens is 2. The summed E-state index contributed by atoms with van der Waals surface area (Å²) in [6.45, 7) is 14.1. The number of nitrogens with zero attached hydrogens (tertiary/aromatic N) is 3. The molecule has 3 aliphatic rings. The molecule has 11 heteroatoms. The standard InChI is InChI=1S/C27H26F3N3O2.C6H11NO2.C3H6/c1-26(31)12-11-18(14-26)16-7-9-19-17(13-16)8-10-20-22(19)32-35-25(20)23-21(27(28,29)30)24(34-33-23)15-5-3-2-4-6-15;1-5(2)9-7-6(3)4-8;1-3-2/h3,5-7,9,13,18H,2,4,8,10-12,14,31H2,1H3;8H,1,4H2,2-3H3;3H,1H2,2H3/b;7-6+;/t18-,26?;;/m1../s1. The van der Waals surface area contributed by atoms with Crippen LogP contribution in [0.25, 0.3) is 28.3 Å². The molecule has 1 saturated carbocycles. The highest BCUT2D eigenvalue weighted by Gasteiger charge is 2.44. The van der Waals surface area contributed by atoms with Gasteiger partial charge in [-0.25, -0.2) is 0 Å². The minimum absolute atomic E-state index is 0.0344. The second-order valence-corrected chi connectivity index (χ2v) is 12.4. The number of halogens is 3. The van der Waals surface area contributed by atoms with Crippen LogP contribution in [-0.4, -0.2) is 33.3 Å². The molecule has 0 saturated heterocycles. The van der Waals surface area contributed by atoms with E-state index in [2.05, 4.69) is 52.5 Å². The number of nitrogens with two attached hydrogens (primary N) is 1. The van der Waals surface area contributed by atoms with Crippen molar-refractivity contribution in [3.63, 3.8) is 0 Å². The summed E-state index contributed by atoms with van der Waals surface area (Å²) >= 11 is 0. The largest absolute Gasteiger partial charge is 0.422 e. The van der Waals surface area contributed by atoms with Crippen molar-refractivity contribution >= 4 is 11.3 Å². The first-order valence-electron chi connectivity index (χ1n) is 15.7. The quantitative estimate of drug-likeness (QED) is 0.118. The molecule has 47 heavy (non-hydrogen) atoms. The predicted octanol–water partition coefficient (Wildman–Crippen LogP) is 8.93. The van der Waals surface area contributed by atoms with Gasteiger partial charge in [-0.2, -0.15) is 13.2 Å². The van der Waals surface area contributed by atoms with Crippen LogP contribution in [0.1, 0.15) is 93.7 Å². The number of aliphatic hydroxyl groups excluding tert-OH is 1. The highest BCUT2D eigenvalue weighted by atomic mass is 19.4. The number of hydrogen-bond donors (Lipinski definition) is 2. The Balaban J connectivity index is 0.000000359. The second-order valence-electron chi connectivity index (χ2n) is 12.4. The van der Waals surface area contributed by atoms with Crippen molar-refractivity contribution in [1.82, 2.24) is 10.3 Å². The maximum absolute atomic E-state index is 14.2. The van der Waals surface area contributed by atoms with Gasteiger partial charge in [-0.3, -0.25) is 0 Å². The first-order chi connectivity index (χ1) is 22.3. The van der Waals surface area contributed by atoms with Crippen molar-refractivity contribution in [3.05, 3.63) is 89.4 Å². The molecule has 3 aliphatic carbocycles. The summed E-state index contributed by atoms with van der Waals surface area (Å²) < 4.78 is 53.3. The summed E-state index contributed by atoms with van der Waals surface area (Å²) in [6, 6.07) is 6.30. The number of oxime groups is 1. The molecule has 6 rings (SSSR count). The number of rotatable bonds is 6. The third-order valence-corrected chi connectivity index (χ3v) is 8.10. The number of benzene rings is 1. The van der Waals surface area contributed by atoms with Crippen LogP contribution in [0.4, 0.5) is 13.2 Å². The molecular formula is C36H43F3N4O4. The zero-order chi connectivity index (χ0) is 34.4. The summed E-state index contributed by atoms with van der Waals surface area (Å²) in [6.07, 6.45) is 7.97. The van der Waals surface area contributed by atoms with Crippen molar-refractivity contribution in [3.8, 4) is 22.7 Å². The molecule has 0 aliphatic heterocycles. The van der Waals surface area contributed by atoms with E-state index in [-0.39, 0.29) is 29.4 Å². The highest BCUT2D eigenvalue weighted by molar-refractivity contribution is 5.82. The molecule has 3 aromatic rings. The van der Waals surface area contributed by atoms with Gasteiger partial charge in [0.25, 0.3) is 0 Å². The fourth-order valence-electron chi connectivity index (χ4n) is 5.93. The van der Waals surface area contributed by atoms with Gasteiger partial charge in [0.2, 0.25) is 0 Å². The summed E-state index contributed by atoms with van der Waals surface area (Å²) in [7, 11) is 0. The topological polar surface area (TPSA) is 120 Å². The number of aryl methyl sites for hydroxylation is 1. The van der Waals surface area contributed by atoms with Gasteiger partial charge in [0.05, 0.1) is 12.3 Å². The Hall–Kier alpha value is -4.22. The van der Waals surface area contributed by atoms with E-state index < -0.39 is 11.7 Å². The van der Waals surface area contributed by atoms with Gasteiger partial charge < -0.3 is 24.7 Å². The van der Waals surface area contributed by atoms with Crippen molar-refractivity contribution in [2.45, 2.75) is 90.3 Å². The van der Waals surface area contributed by atoms with Crippen LogP contribution in [-0.2, 0) is 23.9 Å². The number of allylic oxidation sites excluding steroid dienone is 6. The van der Waals surface area contributed by atoms with E-state index in [1.807, 2.05) is 19.1 Å². The molecule has 0 amide bonds. The van der Waals surface area contributed by atoms with Gasteiger partial charge in [0.1, 0.15) is 17.0 Å². The van der Waals surface area contributed by atoms with Crippen LogP contribution in [0, 0.1) is 0 Å². The zero-order valence-electron chi connectivity index (χ0n) is 27.4. The molecule has 3 N–H and O–H groups in total. The molecule has 2 heterocycles. The average Bonchev–Trinajstić information content (AvgIpc) is 3.77. The Bertz CT molecular complexity index is 1680. The Morgan fingerprint density at radius 2 is 1.87 bits per heavy atom. The molecule has 1 aromatic carbocycles. The lowest BCUT2D eigenvalue weighted by molar-refractivity contribution is -0.137. The molecule has 0 spiro atoms. The summed E-state index contributed by atoms with van der Waals surface area (Å²) in [5.41, 5.74) is 10.4. The first-order valence-corrected chi connectivity index (χ1v) is 15.7. The number of hydrogen-bond acceptors (Lipinski definition) is 8. The van der Waals surface area contributed by atoms with E-state index >= 15 is 0 Å². The summed E-state index contributed by atoms with van der Waals surface area (Å²) in [4.78, 5) is 4.63. The third kappa shape index (κ3) is 8.58. The minimum Gasteiger partial charge on any atom is -0.390 e. The van der Waals surface area contributed by atoms with Gasteiger partial charge in [0, 0.05) is 22.2 Å². The van der Waals surface area contributed by atoms with Gasteiger partial charge >= 0.3 is 6.18 Å². The van der Waals surface area contributed by atoms with Crippen LogP contribution in [0.3, 0.4) is 0 Å². The van der Waals surface area contributed by atoms with Crippen LogP contribution in [0.5, 0.6) is 0 Å². The zero-order valence-corrected chi connectivity index (χ0v) is 27.4. The highest BCUT2D eigenvalue weighted by Crippen LogP contribution is 2.47. The lowest BCUT2D eigenvalue weighted by atomic mass is 9.84. The normalized spacial score (nSPS) is 20.1. The summed E-state index contributed by atoms with van der Waals surface area (Å²) in [5, 5.41) is 19.9. The fourth-order valence-corrected chi connectivity index (χ4v) is 5.93. The smallest absolute Gasteiger partial charge is 0.390 e. The molecule has 252 valence electrons. The first kappa shape index (κ1) is 35.6. The molecular weight excluding hydrogens is 609 g/mol. The van der Waals surface area contributed by atoms with Crippen molar-refractivity contribution in [2.24, 2.45) is 10.9 Å².